The summed E-state index contributed by atoms with van der Waals surface area (Å²) in [6.07, 6.45) is 3.90. The fourth-order valence-corrected chi connectivity index (χ4v) is 3.40. The minimum Gasteiger partial charge on any atom is -0.442 e. The Balaban J connectivity index is 1.96. The van der Waals surface area contributed by atoms with E-state index in [1.807, 2.05) is 0 Å². The van der Waals surface area contributed by atoms with Crippen LogP contribution in [0.2, 0.25) is 0 Å². The summed E-state index contributed by atoms with van der Waals surface area (Å²) < 4.78 is 5.50. The van der Waals surface area contributed by atoms with Crippen molar-refractivity contribution >= 4 is 17.9 Å². The van der Waals surface area contributed by atoms with Crippen molar-refractivity contribution in [1.29, 1.82) is 0 Å². The predicted molar refractivity (Wildman–Crippen MR) is 91.9 cm³/mol. The molecule has 0 spiro atoms. The molecule has 1 aliphatic heterocycles. The number of fused-ring (bicyclic) bond motifs is 1. The van der Waals surface area contributed by atoms with Crippen LogP contribution in [-0.4, -0.2) is 39.6 Å². The van der Waals surface area contributed by atoms with E-state index >= 15 is 0 Å². The fourth-order valence-electron chi connectivity index (χ4n) is 3.40. The Kier molecular flexibility index (Phi) is 4.54. The summed E-state index contributed by atoms with van der Waals surface area (Å²) >= 11 is 0. The van der Waals surface area contributed by atoms with E-state index in [2.05, 4.69) is 0 Å². The molecular formula is C19H24N2O4. The number of benzene rings is 1. The smallest absolute Gasteiger partial charge is 0.430 e. The normalized spacial score (nSPS) is 18.3. The molecule has 1 fully saturated rings. The Morgan fingerprint density at radius 2 is 1.56 bits per heavy atom. The molecule has 6 nitrogen and oxygen atoms in total. The molecule has 2 aliphatic rings. The fraction of sp³-hybridized carbons (Fsp3) is 0.526. The number of imide groups is 1. The zero-order valence-corrected chi connectivity index (χ0v) is 14.9. The zero-order valence-electron chi connectivity index (χ0n) is 14.9. The van der Waals surface area contributed by atoms with Gasteiger partial charge in [0.1, 0.15) is 5.60 Å². The molecule has 0 aromatic heterocycles. The van der Waals surface area contributed by atoms with Gasteiger partial charge in [-0.2, -0.15) is 5.01 Å². The highest BCUT2D eigenvalue weighted by atomic mass is 16.6. The van der Waals surface area contributed by atoms with Gasteiger partial charge in [0.2, 0.25) is 0 Å². The average Bonchev–Trinajstić information content (AvgIpc) is 2.80. The van der Waals surface area contributed by atoms with Gasteiger partial charge in [0.15, 0.2) is 0 Å². The molecular weight excluding hydrogens is 320 g/mol. The summed E-state index contributed by atoms with van der Waals surface area (Å²) in [7, 11) is 0. The molecule has 1 heterocycles. The topological polar surface area (TPSA) is 66.9 Å². The van der Waals surface area contributed by atoms with Gasteiger partial charge in [-0.25, -0.2) is 9.80 Å². The lowest BCUT2D eigenvalue weighted by atomic mass is 9.95. The highest BCUT2D eigenvalue weighted by Gasteiger charge is 2.45. The van der Waals surface area contributed by atoms with Crippen LogP contribution in [-0.2, 0) is 4.74 Å². The van der Waals surface area contributed by atoms with Crippen LogP contribution in [0.4, 0.5) is 4.79 Å². The van der Waals surface area contributed by atoms with Crippen molar-refractivity contribution in [3.8, 4) is 0 Å². The number of hydrogen-bond donors (Lipinski definition) is 0. The zero-order chi connectivity index (χ0) is 18.2. The Hall–Kier alpha value is -2.37. The summed E-state index contributed by atoms with van der Waals surface area (Å²) in [5, 5.41) is 2.24. The van der Waals surface area contributed by atoms with E-state index in [-0.39, 0.29) is 6.04 Å². The van der Waals surface area contributed by atoms with Crippen LogP contribution in [0.25, 0.3) is 0 Å². The van der Waals surface area contributed by atoms with E-state index in [0.29, 0.717) is 11.1 Å². The minimum atomic E-state index is -0.706. The second-order valence-electron chi connectivity index (χ2n) is 7.58. The van der Waals surface area contributed by atoms with Gasteiger partial charge in [0, 0.05) is 0 Å². The molecule has 3 amide bonds. The van der Waals surface area contributed by atoms with Crippen LogP contribution in [0.1, 0.15) is 73.6 Å². The molecule has 1 aliphatic carbocycles. The first-order valence-electron chi connectivity index (χ1n) is 8.79. The van der Waals surface area contributed by atoms with Crippen molar-refractivity contribution in [3.05, 3.63) is 35.4 Å². The van der Waals surface area contributed by atoms with Gasteiger partial charge in [0.05, 0.1) is 17.2 Å². The number of ether oxygens (including phenoxy) is 1. The molecule has 3 rings (SSSR count). The van der Waals surface area contributed by atoms with E-state index in [0.717, 1.165) is 37.1 Å². The highest BCUT2D eigenvalue weighted by Crippen LogP contribution is 2.31. The van der Waals surface area contributed by atoms with Crippen molar-refractivity contribution in [1.82, 2.24) is 10.0 Å². The maximum absolute atomic E-state index is 12.8. The van der Waals surface area contributed by atoms with Crippen LogP contribution in [0.5, 0.6) is 0 Å². The van der Waals surface area contributed by atoms with Gasteiger partial charge < -0.3 is 4.74 Å². The number of carbonyl (C=O) groups excluding carboxylic acids is 3. The molecule has 1 aromatic carbocycles. The first-order chi connectivity index (χ1) is 11.8. The van der Waals surface area contributed by atoms with E-state index in [1.165, 1.54) is 5.01 Å². The number of hydrogen-bond acceptors (Lipinski definition) is 4. The lowest BCUT2D eigenvalue weighted by molar-refractivity contribution is -0.0500. The third-order valence-corrected chi connectivity index (χ3v) is 4.49. The van der Waals surface area contributed by atoms with Crippen molar-refractivity contribution in [2.75, 3.05) is 0 Å². The average molecular weight is 344 g/mol. The van der Waals surface area contributed by atoms with Crippen LogP contribution in [0.15, 0.2) is 24.3 Å². The summed E-state index contributed by atoms with van der Waals surface area (Å²) in [4.78, 5) is 38.5. The summed E-state index contributed by atoms with van der Waals surface area (Å²) in [5.41, 5.74) is -0.0448. The van der Waals surface area contributed by atoms with E-state index in [1.54, 1.807) is 45.0 Å². The first-order valence-corrected chi connectivity index (χ1v) is 8.79. The van der Waals surface area contributed by atoms with Gasteiger partial charge >= 0.3 is 6.09 Å². The monoisotopic (exact) mass is 344 g/mol. The molecule has 0 unspecified atom stereocenters. The largest absolute Gasteiger partial charge is 0.442 e. The molecule has 1 saturated carbocycles. The van der Waals surface area contributed by atoms with E-state index in [9.17, 15) is 14.4 Å². The molecule has 0 saturated heterocycles. The van der Waals surface area contributed by atoms with E-state index < -0.39 is 23.5 Å². The Morgan fingerprint density at radius 3 is 2.04 bits per heavy atom. The van der Waals surface area contributed by atoms with Gasteiger partial charge in [-0.15, -0.1) is 0 Å². The standard InChI is InChI=1S/C19H24N2O4/c1-19(2,3)25-18(24)20(13-9-5-4-6-10-13)21-16(22)14-11-7-8-12-15(14)17(21)23/h7-8,11-13H,4-6,9-10H2,1-3H3. The second kappa shape index (κ2) is 6.50. The number of nitrogens with zero attached hydrogens (tertiary/aromatic N) is 2. The summed E-state index contributed by atoms with van der Waals surface area (Å²) in [6, 6.07) is 6.46. The molecule has 134 valence electrons. The molecule has 25 heavy (non-hydrogen) atoms. The third kappa shape index (κ3) is 3.38. The van der Waals surface area contributed by atoms with Crippen LogP contribution >= 0.6 is 0 Å². The minimum absolute atomic E-state index is 0.203. The third-order valence-electron chi connectivity index (χ3n) is 4.49. The first kappa shape index (κ1) is 17.5. The predicted octanol–water partition coefficient (Wildman–Crippen LogP) is 3.77. The van der Waals surface area contributed by atoms with Gasteiger partial charge in [0.25, 0.3) is 11.8 Å². The molecule has 1 aromatic rings. The second-order valence-corrected chi connectivity index (χ2v) is 7.58. The summed E-state index contributed by atoms with van der Waals surface area (Å²) in [5.74, 6) is -0.922. The van der Waals surface area contributed by atoms with Gasteiger partial charge in [-0.3, -0.25) is 9.59 Å². The van der Waals surface area contributed by atoms with Crippen LogP contribution < -0.4 is 0 Å². The highest BCUT2D eigenvalue weighted by molar-refractivity contribution is 6.21. The van der Waals surface area contributed by atoms with Crippen molar-refractivity contribution in [3.63, 3.8) is 0 Å². The maximum Gasteiger partial charge on any atom is 0.430 e. The molecule has 0 N–H and O–H groups in total. The number of hydrazine groups is 1. The number of amides is 3. The Morgan fingerprint density at radius 1 is 1.04 bits per heavy atom. The van der Waals surface area contributed by atoms with Crippen molar-refractivity contribution in [2.24, 2.45) is 0 Å². The Bertz CT molecular complexity index is 667. The SMILES string of the molecule is CC(C)(C)OC(=O)N(C1CCCCC1)N1C(=O)c2ccccc2C1=O. The number of rotatable bonds is 2. The van der Waals surface area contributed by atoms with Gasteiger partial charge in [-0.05, 0) is 45.7 Å². The van der Waals surface area contributed by atoms with Crippen molar-refractivity contribution < 1.29 is 19.1 Å². The lowest BCUT2D eigenvalue weighted by Crippen LogP contribution is -2.56. The molecule has 6 heteroatoms. The maximum atomic E-state index is 12.8. The van der Waals surface area contributed by atoms with Gasteiger partial charge in [-0.1, -0.05) is 31.4 Å². The molecule has 0 radical (unpaired) electrons. The van der Waals surface area contributed by atoms with E-state index in [4.69, 9.17) is 4.74 Å². The molecule has 0 bridgehead atoms. The van der Waals surface area contributed by atoms with Crippen LogP contribution in [0, 0.1) is 0 Å². The number of carbonyl (C=O) groups is 3. The summed E-state index contributed by atoms with van der Waals surface area (Å²) in [6.45, 7) is 5.31. The quantitative estimate of drug-likeness (QED) is 0.766. The molecule has 0 atom stereocenters. The lowest BCUT2D eigenvalue weighted by Gasteiger charge is -2.39. The van der Waals surface area contributed by atoms with Crippen molar-refractivity contribution in [2.45, 2.75) is 64.5 Å². The Labute approximate surface area is 147 Å². The van der Waals surface area contributed by atoms with Crippen LogP contribution in [0.3, 0.4) is 0 Å².